The van der Waals surface area contributed by atoms with Crippen LogP contribution in [0.5, 0.6) is 0 Å². The fraction of sp³-hybridized carbons (Fsp3) is 0.200. The second kappa shape index (κ2) is 4.82. The van der Waals surface area contributed by atoms with Crippen LogP contribution < -0.4 is 11.1 Å². The highest BCUT2D eigenvalue weighted by Gasteiger charge is 2.26. The van der Waals surface area contributed by atoms with Gasteiger partial charge in [-0.25, -0.2) is 9.37 Å². The van der Waals surface area contributed by atoms with E-state index in [9.17, 15) is 9.65 Å². The number of halogens is 1. The van der Waals surface area contributed by atoms with E-state index in [1.165, 1.54) is 6.07 Å². The van der Waals surface area contributed by atoms with Crippen molar-refractivity contribution in [3.8, 4) is 6.07 Å². The number of nitrogens with two attached hydrogens (primary N) is 1. The summed E-state index contributed by atoms with van der Waals surface area (Å²) in [6.07, 6.45) is 2.10. The number of anilines is 2. The normalized spacial score (nSPS) is 16.3. The van der Waals surface area contributed by atoms with Gasteiger partial charge in [0.15, 0.2) is 0 Å². The molecule has 2 heterocycles. The Morgan fingerprint density at radius 2 is 2.25 bits per heavy atom. The largest absolute Gasteiger partial charge is 0.399 e. The van der Waals surface area contributed by atoms with Crippen molar-refractivity contribution < 1.29 is 4.39 Å². The number of aromatic nitrogens is 1. The molecule has 1 unspecified atom stereocenters. The summed E-state index contributed by atoms with van der Waals surface area (Å²) in [6, 6.07) is 8.77. The zero-order chi connectivity index (χ0) is 14.1. The lowest BCUT2D eigenvalue weighted by molar-refractivity contribution is 0.614. The van der Waals surface area contributed by atoms with Crippen LogP contribution in [0.15, 0.2) is 30.5 Å². The van der Waals surface area contributed by atoms with Crippen LogP contribution in [0.2, 0.25) is 0 Å². The van der Waals surface area contributed by atoms with Gasteiger partial charge in [-0.15, -0.1) is 0 Å². The maximum absolute atomic E-state index is 13.9. The maximum Gasteiger partial charge on any atom is 0.130 e. The van der Waals surface area contributed by atoms with Gasteiger partial charge in [-0.2, -0.15) is 5.26 Å². The van der Waals surface area contributed by atoms with Gasteiger partial charge in [-0.05, 0) is 29.3 Å². The molecule has 4 nitrogen and oxygen atoms in total. The molecule has 3 rings (SSSR count). The predicted octanol–water partition coefficient (Wildman–Crippen LogP) is 2.43. The fourth-order valence-corrected chi connectivity index (χ4v) is 2.52. The quantitative estimate of drug-likeness (QED) is 0.820. The second-order valence-corrected chi connectivity index (χ2v) is 4.82. The molecule has 0 saturated carbocycles. The van der Waals surface area contributed by atoms with Crippen molar-refractivity contribution in [3.63, 3.8) is 0 Å². The minimum Gasteiger partial charge on any atom is -0.399 e. The number of fused-ring (bicyclic) bond motifs is 1. The first kappa shape index (κ1) is 12.4. The van der Waals surface area contributed by atoms with Gasteiger partial charge in [0.25, 0.3) is 0 Å². The fourth-order valence-electron chi connectivity index (χ4n) is 2.52. The molecule has 3 N–H and O–H groups in total. The van der Waals surface area contributed by atoms with Gasteiger partial charge in [-0.3, -0.25) is 0 Å². The monoisotopic (exact) mass is 268 g/mol. The average molecular weight is 268 g/mol. The van der Waals surface area contributed by atoms with Crippen molar-refractivity contribution >= 4 is 11.5 Å². The summed E-state index contributed by atoms with van der Waals surface area (Å²) in [5, 5.41) is 12.3. The molecule has 100 valence electrons. The van der Waals surface area contributed by atoms with Gasteiger partial charge in [0.2, 0.25) is 0 Å². The number of benzene rings is 1. The molecule has 1 aliphatic heterocycles. The molecule has 20 heavy (non-hydrogen) atoms. The van der Waals surface area contributed by atoms with E-state index in [0.717, 1.165) is 16.9 Å². The Bertz CT molecular complexity index is 706. The van der Waals surface area contributed by atoms with Crippen LogP contribution in [0.25, 0.3) is 0 Å². The average Bonchev–Trinajstić information content (AvgIpc) is 2.86. The molecule has 1 aromatic heterocycles. The van der Waals surface area contributed by atoms with Crippen LogP contribution in [0.1, 0.15) is 22.6 Å². The van der Waals surface area contributed by atoms with Crippen LogP contribution >= 0.6 is 0 Å². The summed E-state index contributed by atoms with van der Waals surface area (Å²) >= 11 is 0. The molecule has 0 spiro atoms. The van der Waals surface area contributed by atoms with Crippen molar-refractivity contribution in [2.45, 2.75) is 12.3 Å². The molecule has 0 aliphatic carbocycles. The number of nitrogen functional groups attached to an aromatic ring is 1. The molecular weight excluding hydrogens is 255 g/mol. The van der Waals surface area contributed by atoms with E-state index < -0.39 is 0 Å². The first-order chi connectivity index (χ1) is 9.69. The number of nitriles is 1. The summed E-state index contributed by atoms with van der Waals surface area (Å²) in [7, 11) is 0. The van der Waals surface area contributed by atoms with E-state index in [2.05, 4.69) is 16.4 Å². The zero-order valence-corrected chi connectivity index (χ0v) is 10.7. The van der Waals surface area contributed by atoms with E-state index in [4.69, 9.17) is 5.73 Å². The summed E-state index contributed by atoms with van der Waals surface area (Å²) in [5.41, 5.74) is 8.33. The summed E-state index contributed by atoms with van der Waals surface area (Å²) < 4.78 is 13.9. The lowest BCUT2D eigenvalue weighted by Gasteiger charge is -2.10. The summed E-state index contributed by atoms with van der Waals surface area (Å²) in [5.74, 6) is 0.172. The van der Waals surface area contributed by atoms with E-state index >= 15 is 0 Å². The first-order valence-corrected chi connectivity index (χ1v) is 6.34. The number of nitrogens with zero attached hydrogens (tertiary/aromatic N) is 2. The third kappa shape index (κ3) is 2.05. The topological polar surface area (TPSA) is 74.7 Å². The highest BCUT2D eigenvalue weighted by Crippen LogP contribution is 2.33. The highest BCUT2D eigenvalue weighted by atomic mass is 19.1. The third-order valence-corrected chi connectivity index (χ3v) is 3.52. The predicted molar refractivity (Wildman–Crippen MR) is 74.7 cm³/mol. The molecule has 0 fully saturated rings. The van der Waals surface area contributed by atoms with Crippen LogP contribution in [-0.4, -0.2) is 11.5 Å². The summed E-state index contributed by atoms with van der Waals surface area (Å²) in [6.45, 7) is 0.556. The third-order valence-electron chi connectivity index (χ3n) is 3.52. The second-order valence-electron chi connectivity index (χ2n) is 4.82. The van der Waals surface area contributed by atoms with Crippen LogP contribution in [0, 0.1) is 17.1 Å². The smallest absolute Gasteiger partial charge is 0.130 e. The van der Waals surface area contributed by atoms with Gasteiger partial charge < -0.3 is 11.1 Å². The van der Waals surface area contributed by atoms with Gasteiger partial charge in [0.05, 0.1) is 12.0 Å². The molecule has 1 aromatic carbocycles. The lowest BCUT2D eigenvalue weighted by atomic mass is 9.94. The molecule has 0 bridgehead atoms. The van der Waals surface area contributed by atoms with Crippen molar-refractivity contribution in [1.29, 1.82) is 5.26 Å². The van der Waals surface area contributed by atoms with Gasteiger partial charge in [0.1, 0.15) is 11.6 Å². The lowest BCUT2D eigenvalue weighted by Crippen LogP contribution is -2.02. The maximum atomic E-state index is 13.9. The van der Waals surface area contributed by atoms with E-state index in [1.54, 1.807) is 18.3 Å². The molecule has 5 heteroatoms. The minimum absolute atomic E-state index is 0.231. The van der Waals surface area contributed by atoms with E-state index in [0.29, 0.717) is 24.2 Å². The highest BCUT2D eigenvalue weighted by molar-refractivity contribution is 5.58. The Kier molecular flexibility index (Phi) is 2.99. The number of hydrogen-bond acceptors (Lipinski definition) is 4. The Labute approximate surface area is 116 Å². The van der Waals surface area contributed by atoms with E-state index in [-0.39, 0.29) is 11.7 Å². The van der Waals surface area contributed by atoms with Gasteiger partial charge >= 0.3 is 0 Å². The molecule has 0 amide bonds. The Balaban J connectivity index is 2.00. The zero-order valence-electron chi connectivity index (χ0n) is 10.7. The summed E-state index contributed by atoms with van der Waals surface area (Å²) in [4.78, 5) is 4.22. The Morgan fingerprint density at radius 1 is 1.40 bits per heavy atom. The number of hydrogen-bond donors (Lipinski definition) is 2. The SMILES string of the molecule is N#CC1CNc2nccc(Cc3ccc(N)cc3F)c21. The molecule has 0 saturated heterocycles. The minimum atomic E-state index is -0.324. The van der Waals surface area contributed by atoms with Crippen molar-refractivity contribution in [3.05, 3.63) is 53.0 Å². The van der Waals surface area contributed by atoms with Crippen molar-refractivity contribution in [2.75, 3.05) is 17.6 Å². The Hall–Kier alpha value is -2.61. The number of rotatable bonds is 2. The van der Waals surface area contributed by atoms with Crippen molar-refractivity contribution in [2.24, 2.45) is 0 Å². The van der Waals surface area contributed by atoms with Crippen LogP contribution in [-0.2, 0) is 6.42 Å². The van der Waals surface area contributed by atoms with Crippen LogP contribution in [0.4, 0.5) is 15.9 Å². The molecule has 1 aliphatic rings. The molecule has 1 atom stereocenters. The first-order valence-electron chi connectivity index (χ1n) is 6.34. The van der Waals surface area contributed by atoms with Crippen molar-refractivity contribution in [1.82, 2.24) is 4.98 Å². The molecule has 0 radical (unpaired) electrons. The number of pyridine rings is 1. The van der Waals surface area contributed by atoms with Crippen LogP contribution in [0.3, 0.4) is 0 Å². The Morgan fingerprint density at radius 3 is 3.00 bits per heavy atom. The van der Waals surface area contributed by atoms with Gasteiger partial charge in [-0.1, -0.05) is 6.07 Å². The van der Waals surface area contributed by atoms with E-state index in [1.807, 2.05) is 6.07 Å². The van der Waals surface area contributed by atoms with Gasteiger partial charge in [0, 0.05) is 30.4 Å². The number of nitrogens with one attached hydrogen (secondary N) is 1. The molecular formula is C15H13FN4. The molecule has 2 aromatic rings. The standard InChI is InChI=1S/C15H13FN4/c16-13-6-12(18)2-1-9(13)5-10-3-4-19-15-14(10)11(7-17)8-20-15/h1-4,6,11H,5,8,18H2,(H,19,20).